The topological polar surface area (TPSA) is 86.9 Å². The molecule has 0 bridgehead atoms. The molecule has 0 aromatic carbocycles. The number of aryl methyl sites for hydroxylation is 1. The normalized spacial score (nSPS) is 15.8. The number of nitrogens with one attached hydrogen (secondary N) is 3. The Bertz CT molecular complexity index is 560. The van der Waals surface area contributed by atoms with Crippen molar-refractivity contribution in [3.05, 3.63) is 11.3 Å². The quantitative estimate of drug-likeness (QED) is 0.647. The average molecular weight is 314 g/mol. The second-order valence-corrected chi connectivity index (χ2v) is 7.50. The van der Waals surface area contributed by atoms with Gasteiger partial charge in [0.2, 0.25) is 0 Å². The van der Waals surface area contributed by atoms with Gasteiger partial charge in [-0.05, 0) is 25.7 Å². The van der Waals surface area contributed by atoms with E-state index in [4.69, 9.17) is 0 Å². The molecule has 3 N–H and O–H groups in total. The largest absolute Gasteiger partial charge is 0.310 e. The van der Waals surface area contributed by atoms with Crippen molar-refractivity contribution in [2.24, 2.45) is 5.92 Å². The maximum atomic E-state index is 12.4. The van der Waals surface area contributed by atoms with Gasteiger partial charge in [0.05, 0.1) is 0 Å². The van der Waals surface area contributed by atoms with E-state index in [2.05, 4.69) is 34.1 Å². The van der Waals surface area contributed by atoms with Gasteiger partial charge in [0.25, 0.3) is 10.0 Å². The third kappa shape index (κ3) is 4.28. The van der Waals surface area contributed by atoms with Crippen molar-refractivity contribution < 1.29 is 8.42 Å². The Labute approximate surface area is 127 Å². The molecule has 21 heavy (non-hydrogen) atoms. The molecule has 0 radical (unpaired) electrons. The summed E-state index contributed by atoms with van der Waals surface area (Å²) in [6, 6.07) is 0.535. The van der Waals surface area contributed by atoms with Crippen molar-refractivity contribution in [1.29, 1.82) is 0 Å². The monoisotopic (exact) mass is 314 g/mol. The molecule has 0 unspecified atom stereocenters. The summed E-state index contributed by atoms with van der Waals surface area (Å²) < 4.78 is 27.6. The number of rotatable bonds is 9. The minimum absolute atomic E-state index is 0.138. The van der Waals surface area contributed by atoms with Gasteiger partial charge in [0, 0.05) is 30.4 Å². The Kier molecular flexibility index (Phi) is 5.40. The van der Waals surface area contributed by atoms with Gasteiger partial charge in [0.15, 0.2) is 5.03 Å². The molecule has 0 atom stereocenters. The first-order chi connectivity index (χ1) is 9.97. The van der Waals surface area contributed by atoms with Crippen LogP contribution in [0.25, 0.3) is 0 Å². The predicted octanol–water partition coefficient (Wildman–Crippen LogP) is 1.68. The minimum atomic E-state index is -3.55. The Hall–Kier alpha value is -0.920. The van der Waals surface area contributed by atoms with Gasteiger partial charge in [-0.25, -0.2) is 13.1 Å². The number of sulfonamides is 1. The van der Waals surface area contributed by atoms with Crippen LogP contribution in [0.5, 0.6) is 0 Å². The van der Waals surface area contributed by atoms with Gasteiger partial charge in [0.1, 0.15) is 0 Å². The molecular weight excluding hydrogens is 288 g/mol. The Morgan fingerprint density at radius 3 is 2.57 bits per heavy atom. The molecule has 0 spiro atoms. The van der Waals surface area contributed by atoms with Crippen molar-refractivity contribution in [2.75, 3.05) is 6.54 Å². The first-order valence-electron chi connectivity index (χ1n) is 7.74. The van der Waals surface area contributed by atoms with Crippen LogP contribution in [0.4, 0.5) is 0 Å². The van der Waals surface area contributed by atoms with Crippen molar-refractivity contribution in [3.8, 4) is 0 Å². The summed E-state index contributed by atoms with van der Waals surface area (Å²) in [5.74, 6) is 0.368. The number of hydrogen-bond donors (Lipinski definition) is 3. The van der Waals surface area contributed by atoms with Gasteiger partial charge in [-0.3, -0.25) is 5.10 Å². The Morgan fingerprint density at radius 2 is 2.00 bits per heavy atom. The van der Waals surface area contributed by atoms with Crippen molar-refractivity contribution in [2.45, 2.75) is 64.1 Å². The fourth-order valence-corrected chi connectivity index (χ4v) is 3.57. The SMILES string of the molecule is CCC(CC)CNS(=O)(=O)c1n[nH]c(C)c1CNC1CC1. The summed E-state index contributed by atoms with van der Waals surface area (Å²) in [6.07, 6.45) is 4.28. The summed E-state index contributed by atoms with van der Waals surface area (Å²) in [7, 11) is -3.55. The molecule has 7 heteroatoms. The van der Waals surface area contributed by atoms with E-state index in [1.807, 2.05) is 6.92 Å². The molecule has 1 aromatic rings. The molecule has 0 saturated heterocycles. The van der Waals surface area contributed by atoms with Gasteiger partial charge in [-0.1, -0.05) is 26.7 Å². The van der Waals surface area contributed by atoms with Crippen LogP contribution in [-0.2, 0) is 16.6 Å². The van der Waals surface area contributed by atoms with Crippen molar-refractivity contribution in [1.82, 2.24) is 20.2 Å². The van der Waals surface area contributed by atoms with Crippen LogP contribution in [-0.4, -0.2) is 31.2 Å². The molecule has 0 amide bonds. The number of aromatic nitrogens is 2. The van der Waals surface area contributed by atoms with E-state index in [-0.39, 0.29) is 5.03 Å². The second-order valence-electron chi connectivity index (χ2n) is 5.82. The van der Waals surface area contributed by atoms with Gasteiger partial charge in [-0.2, -0.15) is 5.10 Å². The highest BCUT2D eigenvalue weighted by Gasteiger charge is 2.26. The second kappa shape index (κ2) is 6.89. The standard InChI is InChI=1S/C14H26N4O2S/c1-4-11(5-2)8-16-21(19,20)14-13(10(3)17-18-14)9-15-12-6-7-12/h11-12,15-16H,4-9H2,1-3H3,(H,17,18). The fourth-order valence-electron chi connectivity index (χ4n) is 2.27. The van der Waals surface area contributed by atoms with Crippen LogP contribution in [0, 0.1) is 12.8 Å². The number of H-pyrrole nitrogens is 1. The van der Waals surface area contributed by atoms with Crippen LogP contribution in [0.1, 0.15) is 50.8 Å². The van der Waals surface area contributed by atoms with E-state index in [1.165, 1.54) is 12.8 Å². The lowest BCUT2D eigenvalue weighted by molar-refractivity contribution is 0.477. The predicted molar refractivity (Wildman–Crippen MR) is 82.4 cm³/mol. The lowest BCUT2D eigenvalue weighted by Crippen LogP contribution is -2.30. The van der Waals surface area contributed by atoms with Gasteiger partial charge in [-0.15, -0.1) is 0 Å². The van der Waals surface area contributed by atoms with Crippen LogP contribution < -0.4 is 10.0 Å². The molecule has 120 valence electrons. The lowest BCUT2D eigenvalue weighted by Gasteiger charge is -2.13. The maximum absolute atomic E-state index is 12.4. The molecule has 1 aliphatic rings. The summed E-state index contributed by atoms with van der Waals surface area (Å²) in [5.41, 5.74) is 1.56. The first kappa shape index (κ1) is 16.5. The zero-order valence-electron chi connectivity index (χ0n) is 13.1. The molecule has 1 heterocycles. The molecule has 1 fully saturated rings. The maximum Gasteiger partial charge on any atom is 0.260 e. The van der Waals surface area contributed by atoms with Crippen molar-refractivity contribution >= 4 is 10.0 Å². The molecule has 0 aliphatic heterocycles. The highest BCUT2D eigenvalue weighted by atomic mass is 32.2. The Balaban J connectivity index is 2.07. The molecule has 2 rings (SSSR count). The fraction of sp³-hybridized carbons (Fsp3) is 0.786. The smallest absolute Gasteiger partial charge is 0.260 e. The third-order valence-corrected chi connectivity index (χ3v) is 5.55. The van der Waals surface area contributed by atoms with Gasteiger partial charge < -0.3 is 5.32 Å². The Morgan fingerprint density at radius 1 is 1.33 bits per heavy atom. The van der Waals surface area contributed by atoms with E-state index in [9.17, 15) is 8.42 Å². The first-order valence-corrected chi connectivity index (χ1v) is 9.23. The summed E-state index contributed by atoms with van der Waals surface area (Å²) in [6.45, 7) is 7.03. The van der Waals surface area contributed by atoms with E-state index < -0.39 is 10.0 Å². The van der Waals surface area contributed by atoms with Crippen LogP contribution in [0.2, 0.25) is 0 Å². The average Bonchev–Trinajstić information content (AvgIpc) is 3.20. The number of nitrogens with zero attached hydrogens (tertiary/aromatic N) is 1. The van der Waals surface area contributed by atoms with Crippen LogP contribution in [0.15, 0.2) is 5.03 Å². The molecule has 1 aliphatic carbocycles. The zero-order valence-corrected chi connectivity index (χ0v) is 13.9. The summed E-state index contributed by atoms with van der Waals surface area (Å²) >= 11 is 0. The van der Waals surface area contributed by atoms with E-state index in [0.29, 0.717) is 25.0 Å². The van der Waals surface area contributed by atoms with E-state index in [1.54, 1.807) is 0 Å². The third-order valence-electron chi connectivity index (χ3n) is 4.15. The van der Waals surface area contributed by atoms with Crippen molar-refractivity contribution in [3.63, 3.8) is 0 Å². The number of aromatic amines is 1. The molecular formula is C14H26N4O2S. The molecule has 6 nitrogen and oxygen atoms in total. The van der Waals surface area contributed by atoms with Crippen LogP contribution in [0.3, 0.4) is 0 Å². The minimum Gasteiger partial charge on any atom is -0.310 e. The van der Waals surface area contributed by atoms with E-state index >= 15 is 0 Å². The van der Waals surface area contributed by atoms with Gasteiger partial charge >= 0.3 is 0 Å². The van der Waals surface area contributed by atoms with E-state index in [0.717, 1.165) is 24.1 Å². The lowest BCUT2D eigenvalue weighted by atomic mass is 10.0. The summed E-state index contributed by atoms with van der Waals surface area (Å²) in [4.78, 5) is 0. The highest BCUT2D eigenvalue weighted by Crippen LogP contribution is 2.22. The highest BCUT2D eigenvalue weighted by molar-refractivity contribution is 7.89. The number of hydrogen-bond acceptors (Lipinski definition) is 4. The zero-order chi connectivity index (χ0) is 15.5. The van der Waals surface area contributed by atoms with Crippen LogP contribution >= 0.6 is 0 Å². The molecule has 1 aromatic heterocycles. The molecule has 1 saturated carbocycles. The summed E-state index contributed by atoms with van der Waals surface area (Å²) in [5, 5.41) is 10.3.